The number of carbonyl (C=O) groups excluding carboxylic acids is 1. The van der Waals surface area contributed by atoms with Gasteiger partial charge in [-0.2, -0.15) is 0 Å². The summed E-state index contributed by atoms with van der Waals surface area (Å²) < 4.78 is 6.06. The highest BCUT2D eigenvalue weighted by molar-refractivity contribution is 6.26. The molecular weight excluding hydrogens is 304 g/mol. The maximum Gasteiger partial charge on any atom is 0.173 e. The van der Waals surface area contributed by atoms with Gasteiger partial charge in [-0.25, -0.2) is 0 Å². The zero-order valence-electron chi connectivity index (χ0n) is 14.6. The lowest BCUT2D eigenvalue weighted by molar-refractivity contribution is -0.124. The van der Waals surface area contributed by atoms with Crippen LogP contribution in [0.4, 0.5) is 0 Å². The fraction of sp³-hybridized carbons (Fsp3) is 0.550. The Bertz CT molecular complexity index is 755. The number of aliphatic hydroxyl groups excluding tert-OH is 2. The van der Waals surface area contributed by atoms with Crippen LogP contribution >= 0.6 is 0 Å². The fourth-order valence-corrected chi connectivity index (χ4v) is 5.39. The molecule has 128 valence electrons. The van der Waals surface area contributed by atoms with Crippen LogP contribution < -0.4 is 0 Å². The summed E-state index contributed by atoms with van der Waals surface area (Å²) in [6.45, 7) is 7.94. The number of hydrogen-bond acceptors (Lipinski definition) is 4. The van der Waals surface area contributed by atoms with Gasteiger partial charge in [-0.3, -0.25) is 4.79 Å². The lowest BCUT2D eigenvalue weighted by Gasteiger charge is -2.34. The number of aliphatic hydroxyl groups is 2. The molecule has 4 heteroatoms. The summed E-state index contributed by atoms with van der Waals surface area (Å²) in [6, 6.07) is 4.10. The monoisotopic (exact) mass is 328 g/mol. The van der Waals surface area contributed by atoms with Gasteiger partial charge in [0.05, 0.1) is 29.1 Å². The van der Waals surface area contributed by atoms with E-state index in [1.807, 2.05) is 39.8 Å². The average molecular weight is 328 g/mol. The number of ketones is 1. The summed E-state index contributed by atoms with van der Waals surface area (Å²) in [6.07, 6.45) is 0.523. The summed E-state index contributed by atoms with van der Waals surface area (Å²) in [5, 5.41) is 20.6. The van der Waals surface area contributed by atoms with Gasteiger partial charge in [0, 0.05) is 12.5 Å². The molecule has 2 bridgehead atoms. The second-order valence-electron chi connectivity index (χ2n) is 7.86. The standard InChI is InChI=1S/C20H24O4/c1-9-5-10(2)14(11(3)6-9)16-18(22)15-13-7-12(8-21)20(4,24-13)17(15)19(16)23/h5-6,12-13,15,17,21-22H,7-8H2,1-4H3/t12?,13-,15?,17?,20+/m0/s1. The Morgan fingerprint density at radius 3 is 2.46 bits per heavy atom. The maximum absolute atomic E-state index is 13.3. The van der Waals surface area contributed by atoms with Gasteiger partial charge < -0.3 is 14.9 Å². The molecule has 2 saturated heterocycles. The number of allylic oxidation sites excluding steroid dienone is 1. The molecule has 4 rings (SSSR count). The van der Waals surface area contributed by atoms with Gasteiger partial charge in [0.1, 0.15) is 5.76 Å². The average Bonchev–Trinajstić information content (AvgIpc) is 3.07. The third kappa shape index (κ3) is 1.78. The van der Waals surface area contributed by atoms with Crippen LogP contribution in [0.2, 0.25) is 0 Å². The van der Waals surface area contributed by atoms with Crippen LogP contribution in [0.15, 0.2) is 17.9 Å². The molecule has 0 amide bonds. The molecule has 0 radical (unpaired) electrons. The van der Waals surface area contributed by atoms with Crippen molar-refractivity contribution in [1.29, 1.82) is 0 Å². The Balaban J connectivity index is 1.85. The third-order valence-corrected chi connectivity index (χ3v) is 6.36. The van der Waals surface area contributed by atoms with Crippen molar-refractivity contribution in [3.8, 4) is 0 Å². The molecule has 2 N–H and O–H groups in total. The van der Waals surface area contributed by atoms with E-state index in [4.69, 9.17) is 4.74 Å². The number of fused-ring (bicyclic) bond motifs is 5. The van der Waals surface area contributed by atoms with Crippen LogP contribution in [0.1, 0.15) is 35.6 Å². The van der Waals surface area contributed by atoms with Crippen molar-refractivity contribution >= 4 is 11.4 Å². The number of carbonyl (C=O) groups is 1. The molecule has 0 aromatic heterocycles. The van der Waals surface area contributed by atoms with E-state index in [2.05, 4.69) is 0 Å². The predicted octanol–water partition coefficient (Wildman–Crippen LogP) is 2.87. The maximum atomic E-state index is 13.3. The van der Waals surface area contributed by atoms with Crippen molar-refractivity contribution in [3.63, 3.8) is 0 Å². The number of aryl methyl sites for hydroxylation is 3. The van der Waals surface area contributed by atoms with E-state index >= 15 is 0 Å². The van der Waals surface area contributed by atoms with E-state index in [9.17, 15) is 15.0 Å². The zero-order valence-corrected chi connectivity index (χ0v) is 14.6. The zero-order chi connectivity index (χ0) is 17.4. The second-order valence-corrected chi connectivity index (χ2v) is 7.86. The normalized spacial score (nSPS) is 37.5. The molecule has 1 aliphatic carbocycles. The first kappa shape index (κ1) is 15.9. The molecule has 1 aromatic carbocycles. The second kappa shape index (κ2) is 4.93. The first-order chi connectivity index (χ1) is 11.3. The molecule has 4 nitrogen and oxygen atoms in total. The predicted molar refractivity (Wildman–Crippen MR) is 90.7 cm³/mol. The minimum Gasteiger partial charge on any atom is -0.511 e. The van der Waals surface area contributed by atoms with Crippen LogP contribution in [0.25, 0.3) is 5.57 Å². The summed E-state index contributed by atoms with van der Waals surface area (Å²) in [5.74, 6) is -0.537. The molecule has 0 spiro atoms. The lowest BCUT2D eigenvalue weighted by atomic mass is 9.67. The lowest BCUT2D eigenvalue weighted by Crippen LogP contribution is -2.45. The van der Waals surface area contributed by atoms with Gasteiger partial charge in [-0.05, 0) is 50.8 Å². The first-order valence-corrected chi connectivity index (χ1v) is 8.63. The third-order valence-electron chi connectivity index (χ3n) is 6.36. The molecule has 3 aliphatic rings. The number of hydrogen-bond donors (Lipinski definition) is 2. The number of rotatable bonds is 2. The molecule has 2 aliphatic heterocycles. The van der Waals surface area contributed by atoms with Crippen LogP contribution in [-0.4, -0.2) is 34.3 Å². The Hall–Kier alpha value is -1.65. The molecular formula is C20H24O4. The number of Topliss-reactive ketones (excluding diaryl/α,β-unsaturated/α-hetero) is 1. The summed E-state index contributed by atoms with van der Waals surface area (Å²) in [4.78, 5) is 13.3. The minimum atomic E-state index is -0.677. The van der Waals surface area contributed by atoms with E-state index in [-0.39, 0.29) is 42.0 Å². The Morgan fingerprint density at radius 2 is 1.88 bits per heavy atom. The fourth-order valence-electron chi connectivity index (χ4n) is 5.39. The molecule has 1 aromatic rings. The highest BCUT2D eigenvalue weighted by atomic mass is 16.5. The Kier molecular flexibility index (Phi) is 3.26. The summed E-state index contributed by atoms with van der Waals surface area (Å²) in [5.41, 5.74) is 3.83. The SMILES string of the molecule is Cc1cc(C)c(C2=C(O)C3C(C2=O)[C@]2(C)O[C@H]3CC2CO)c(C)c1. The van der Waals surface area contributed by atoms with Gasteiger partial charge >= 0.3 is 0 Å². The van der Waals surface area contributed by atoms with Crippen molar-refractivity contribution in [1.82, 2.24) is 0 Å². The first-order valence-electron chi connectivity index (χ1n) is 8.63. The quantitative estimate of drug-likeness (QED) is 0.876. The van der Waals surface area contributed by atoms with E-state index in [0.29, 0.717) is 12.0 Å². The van der Waals surface area contributed by atoms with Crippen LogP contribution in [0.3, 0.4) is 0 Å². The van der Waals surface area contributed by atoms with Gasteiger partial charge in [0.15, 0.2) is 5.78 Å². The van der Waals surface area contributed by atoms with Crippen molar-refractivity contribution in [2.24, 2.45) is 17.8 Å². The molecule has 0 saturated carbocycles. The van der Waals surface area contributed by atoms with Crippen LogP contribution in [0, 0.1) is 38.5 Å². The molecule has 2 heterocycles. The van der Waals surface area contributed by atoms with Crippen LogP contribution in [0.5, 0.6) is 0 Å². The van der Waals surface area contributed by atoms with E-state index in [1.165, 1.54) is 0 Å². The van der Waals surface area contributed by atoms with Crippen molar-refractivity contribution in [2.75, 3.05) is 6.61 Å². The highest BCUT2D eigenvalue weighted by Gasteiger charge is 2.68. The van der Waals surface area contributed by atoms with Gasteiger partial charge in [0.25, 0.3) is 0 Å². The highest BCUT2D eigenvalue weighted by Crippen LogP contribution is 2.61. The summed E-state index contributed by atoms with van der Waals surface area (Å²) in [7, 11) is 0. The van der Waals surface area contributed by atoms with Crippen LogP contribution in [-0.2, 0) is 9.53 Å². The minimum absolute atomic E-state index is 0.0161. The molecule has 3 unspecified atom stereocenters. The Morgan fingerprint density at radius 1 is 1.25 bits per heavy atom. The molecule has 5 atom stereocenters. The molecule has 2 fully saturated rings. The van der Waals surface area contributed by atoms with E-state index in [0.717, 1.165) is 22.3 Å². The topological polar surface area (TPSA) is 66.8 Å². The van der Waals surface area contributed by atoms with Gasteiger partial charge in [-0.15, -0.1) is 0 Å². The van der Waals surface area contributed by atoms with E-state index in [1.54, 1.807) is 0 Å². The summed E-state index contributed by atoms with van der Waals surface area (Å²) >= 11 is 0. The van der Waals surface area contributed by atoms with Crippen molar-refractivity contribution in [2.45, 2.75) is 45.8 Å². The van der Waals surface area contributed by atoms with Crippen molar-refractivity contribution < 1.29 is 19.7 Å². The largest absolute Gasteiger partial charge is 0.511 e. The van der Waals surface area contributed by atoms with Crippen molar-refractivity contribution in [3.05, 3.63) is 40.1 Å². The Labute approximate surface area is 142 Å². The van der Waals surface area contributed by atoms with Gasteiger partial charge in [0.2, 0.25) is 0 Å². The molecule has 24 heavy (non-hydrogen) atoms. The van der Waals surface area contributed by atoms with E-state index < -0.39 is 5.60 Å². The smallest absolute Gasteiger partial charge is 0.173 e. The number of ether oxygens (including phenoxy) is 1. The number of benzene rings is 1. The van der Waals surface area contributed by atoms with Gasteiger partial charge in [-0.1, -0.05) is 17.7 Å².